The number of halogens is 1. The third-order valence-corrected chi connectivity index (χ3v) is 7.56. The van der Waals surface area contributed by atoms with E-state index in [0.29, 0.717) is 16.8 Å². The molecule has 0 aliphatic heterocycles. The van der Waals surface area contributed by atoms with E-state index in [1.54, 1.807) is 50.6 Å². The molecule has 3 rings (SSSR count). The van der Waals surface area contributed by atoms with Crippen LogP contribution in [0.4, 0.5) is 3.89 Å². The molecule has 0 bridgehead atoms. The van der Waals surface area contributed by atoms with Crippen molar-refractivity contribution >= 4 is 34.1 Å². The summed E-state index contributed by atoms with van der Waals surface area (Å²) < 4.78 is 47.8. The van der Waals surface area contributed by atoms with Gasteiger partial charge in [-0.25, -0.2) is 0 Å². The summed E-state index contributed by atoms with van der Waals surface area (Å²) in [7, 11) is -3.00. The van der Waals surface area contributed by atoms with Gasteiger partial charge in [0.1, 0.15) is 16.4 Å². The van der Waals surface area contributed by atoms with E-state index in [-0.39, 0.29) is 4.90 Å². The van der Waals surface area contributed by atoms with Crippen LogP contribution < -0.4 is 25.4 Å². The van der Waals surface area contributed by atoms with Gasteiger partial charge in [-0.3, -0.25) is 0 Å². The lowest BCUT2D eigenvalue weighted by atomic mass is 10.3. The van der Waals surface area contributed by atoms with Gasteiger partial charge in [-0.2, -0.15) is 8.42 Å². The fourth-order valence-electron chi connectivity index (χ4n) is 2.74. The minimum Gasteiger partial charge on any atom is -0.497 e. The molecule has 0 N–H and O–H groups in total. The van der Waals surface area contributed by atoms with Crippen LogP contribution in [-0.2, 0) is 10.2 Å². The van der Waals surface area contributed by atoms with Crippen molar-refractivity contribution in [3.8, 4) is 11.5 Å². The Bertz CT molecular complexity index is 971. The van der Waals surface area contributed by atoms with Crippen molar-refractivity contribution < 1.29 is 21.8 Å². The first-order valence-electron chi connectivity index (χ1n) is 8.06. The number of methoxy groups -OCH3 is 2. The number of benzene rings is 3. The van der Waals surface area contributed by atoms with Crippen LogP contribution in [0, 0.1) is 0 Å². The van der Waals surface area contributed by atoms with E-state index in [1.807, 2.05) is 24.3 Å². The number of hydrogen-bond donors (Lipinski definition) is 0. The Morgan fingerprint density at radius 2 is 1.19 bits per heavy atom. The molecule has 0 fully saturated rings. The lowest BCUT2D eigenvalue weighted by Crippen LogP contribution is -2.24. The minimum absolute atomic E-state index is 0.303. The molecule has 0 spiro atoms. The zero-order valence-electron chi connectivity index (χ0n) is 14.8. The molecule has 0 aromatic heterocycles. The van der Waals surface area contributed by atoms with E-state index in [1.165, 1.54) is 12.1 Å². The normalized spacial score (nSPS) is 11.4. The Labute approximate surface area is 159 Å². The summed E-state index contributed by atoms with van der Waals surface area (Å²) in [5.41, 5.74) is 0. The summed E-state index contributed by atoms with van der Waals surface area (Å²) in [5.74, 6) is 1.38. The summed E-state index contributed by atoms with van der Waals surface area (Å²) in [6.45, 7) is 0. The van der Waals surface area contributed by atoms with E-state index in [2.05, 4.69) is 0 Å². The predicted molar refractivity (Wildman–Crippen MR) is 107 cm³/mol. The summed E-state index contributed by atoms with van der Waals surface area (Å²) in [4.78, 5) is -0.303. The number of ether oxygens (including phenoxy) is 2. The quantitative estimate of drug-likeness (QED) is 0.468. The maximum atomic E-state index is 14.0. The molecule has 0 heterocycles. The lowest BCUT2D eigenvalue weighted by Gasteiger charge is -2.21. The molecular weight excluding hydrogens is 386 g/mol. The molecule has 0 saturated heterocycles. The SMILES string of the molecule is COc1ccc(P(c2ccc(OC)cc2)c2ccccc2S(=O)(=O)F)cc1. The van der Waals surface area contributed by atoms with Gasteiger partial charge in [-0.1, -0.05) is 42.5 Å². The van der Waals surface area contributed by atoms with Crippen molar-refractivity contribution in [1.29, 1.82) is 0 Å². The molecule has 0 unspecified atom stereocenters. The standard InChI is InChI=1S/C20H18FO4PS/c1-24-15-7-11-17(12-8-15)26(18-13-9-16(25-2)10-14-18)19-5-3-4-6-20(19)27(21,22)23/h3-14H,1-2H3. The van der Waals surface area contributed by atoms with Crippen molar-refractivity contribution in [2.75, 3.05) is 14.2 Å². The molecule has 0 atom stereocenters. The fourth-order valence-corrected chi connectivity index (χ4v) is 6.18. The molecule has 140 valence electrons. The summed E-state index contributed by atoms with van der Waals surface area (Å²) in [6.07, 6.45) is 0. The van der Waals surface area contributed by atoms with Crippen LogP contribution in [0.3, 0.4) is 0 Å². The third-order valence-electron chi connectivity index (χ3n) is 4.03. The average Bonchev–Trinajstić information content (AvgIpc) is 2.69. The lowest BCUT2D eigenvalue weighted by molar-refractivity contribution is 0.415. The Hall–Kier alpha value is -2.43. The van der Waals surface area contributed by atoms with Crippen LogP contribution in [0.25, 0.3) is 0 Å². The first-order valence-corrected chi connectivity index (χ1v) is 10.8. The maximum Gasteiger partial charge on any atom is 0.332 e. The average molecular weight is 404 g/mol. The van der Waals surface area contributed by atoms with E-state index in [4.69, 9.17) is 9.47 Å². The molecule has 0 radical (unpaired) electrons. The Morgan fingerprint density at radius 3 is 1.59 bits per heavy atom. The Kier molecular flexibility index (Phi) is 5.78. The largest absolute Gasteiger partial charge is 0.497 e. The van der Waals surface area contributed by atoms with Gasteiger partial charge in [0.2, 0.25) is 0 Å². The van der Waals surface area contributed by atoms with Gasteiger partial charge in [0.25, 0.3) is 0 Å². The summed E-state index contributed by atoms with van der Waals surface area (Å²) in [5, 5.41) is 2.20. The van der Waals surface area contributed by atoms with Gasteiger partial charge in [0, 0.05) is 5.30 Å². The molecule has 0 saturated carbocycles. The monoisotopic (exact) mass is 404 g/mol. The van der Waals surface area contributed by atoms with Crippen LogP contribution in [0.1, 0.15) is 0 Å². The first-order chi connectivity index (χ1) is 12.9. The van der Waals surface area contributed by atoms with Gasteiger partial charge in [0.05, 0.1) is 14.2 Å². The molecular formula is C20H18FO4PS. The van der Waals surface area contributed by atoms with Gasteiger partial charge in [-0.15, -0.1) is 3.89 Å². The van der Waals surface area contributed by atoms with E-state index in [9.17, 15) is 12.3 Å². The van der Waals surface area contributed by atoms with Crippen LogP contribution in [0.15, 0.2) is 77.7 Å². The number of hydrogen-bond acceptors (Lipinski definition) is 4. The van der Waals surface area contributed by atoms with E-state index < -0.39 is 18.1 Å². The van der Waals surface area contributed by atoms with Crippen LogP contribution in [0.2, 0.25) is 0 Å². The second kappa shape index (κ2) is 8.07. The van der Waals surface area contributed by atoms with Crippen LogP contribution >= 0.6 is 7.92 Å². The van der Waals surface area contributed by atoms with E-state index >= 15 is 0 Å². The van der Waals surface area contributed by atoms with Crippen molar-refractivity contribution in [1.82, 2.24) is 0 Å². The molecule has 4 nitrogen and oxygen atoms in total. The molecule has 0 amide bonds. The molecule has 7 heteroatoms. The smallest absolute Gasteiger partial charge is 0.332 e. The van der Waals surface area contributed by atoms with Gasteiger partial charge in [0.15, 0.2) is 0 Å². The van der Waals surface area contributed by atoms with Crippen LogP contribution in [0.5, 0.6) is 11.5 Å². The van der Waals surface area contributed by atoms with Crippen LogP contribution in [-0.4, -0.2) is 22.6 Å². The van der Waals surface area contributed by atoms with Gasteiger partial charge < -0.3 is 9.47 Å². The zero-order chi connectivity index (χ0) is 19.4. The summed E-state index contributed by atoms with van der Waals surface area (Å²) >= 11 is 0. The Balaban J connectivity index is 2.21. The molecule has 3 aromatic rings. The number of rotatable bonds is 6. The Morgan fingerprint density at radius 1 is 0.741 bits per heavy atom. The third kappa shape index (κ3) is 4.29. The zero-order valence-corrected chi connectivity index (χ0v) is 16.5. The molecule has 3 aromatic carbocycles. The van der Waals surface area contributed by atoms with Gasteiger partial charge >= 0.3 is 10.2 Å². The highest BCUT2D eigenvalue weighted by Gasteiger charge is 2.25. The highest BCUT2D eigenvalue weighted by atomic mass is 32.3. The molecule has 0 aliphatic carbocycles. The highest BCUT2D eigenvalue weighted by Crippen LogP contribution is 2.36. The second-order valence-electron chi connectivity index (χ2n) is 5.64. The molecule has 27 heavy (non-hydrogen) atoms. The topological polar surface area (TPSA) is 52.6 Å². The highest BCUT2D eigenvalue weighted by molar-refractivity contribution is 7.88. The second-order valence-corrected chi connectivity index (χ2v) is 9.14. The first kappa shape index (κ1) is 19.3. The minimum atomic E-state index is -4.85. The van der Waals surface area contributed by atoms with E-state index in [0.717, 1.165) is 10.6 Å². The maximum absolute atomic E-state index is 14.0. The van der Waals surface area contributed by atoms with Crippen molar-refractivity contribution in [3.63, 3.8) is 0 Å². The molecule has 0 aliphatic rings. The van der Waals surface area contributed by atoms with Gasteiger partial charge in [-0.05, 0) is 48.9 Å². The predicted octanol–water partition coefficient (Wildman–Crippen LogP) is 3.12. The fraction of sp³-hybridized carbons (Fsp3) is 0.100. The van der Waals surface area contributed by atoms with Crippen molar-refractivity contribution in [3.05, 3.63) is 72.8 Å². The summed E-state index contributed by atoms with van der Waals surface area (Å²) in [6, 6.07) is 20.9. The van der Waals surface area contributed by atoms with Crippen molar-refractivity contribution in [2.45, 2.75) is 4.90 Å². The van der Waals surface area contributed by atoms with Crippen molar-refractivity contribution in [2.24, 2.45) is 0 Å².